The topological polar surface area (TPSA) is 226 Å². The molecule has 0 radical (unpaired) electrons. The molecule has 0 heterocycles. The van der Waals surface area contributed by atoms with E-state index in [1.54, 1.807) is 60.7 Å². The van der Waals surface area contributed by atoms with E-state index in [0.717, 1.165) is 11.1 Å². The highest BCUT2D eigenvalue weighted by atomic mass is 35.5. The van der Waals surface area contributed by atoms with Gasteiger partial charge in [-0.25, -0.2) is 9.59 Å². The van der Waals surface area contributed by atoms with Crippen LogP contribution in [0.3, 0.4) is 0 Å². The molecule has 0 spiro atoms. The van der Waals surface area contributed by atoms with Gasteiger partial charge in [0.15, 0.2) is 0 Å². The smallest absolute Gasteiger partial charge is 0.411 e. The highest BCUT2D eigenvalue weighted by Crippen LogP contribution is 2.28. The van der Waals surface area contributed by atoms with Crippen LogP contribution in [-0.4, -0.2) is 86.8 Å². The molecule has 0 bridgehead atoms. The summed E-state index contributed by atoms with van der Waals surface area (Å²) in [6, 6.07) is 22.1. The number of carbonyl (C=O) groups excluding carboxylic acids is 6. The Balaban J connectivity index is 0.00000119. The van der Waals surface area contributed by atoms with Gasteiger partial charge in [-0.2, -0.15) is 0 Å². The normalized spacial score (nSPS) is 11.1. The molecule has 7 N–H and O–H groups in total. The van der Waals surface area contributed by atoms with Crippen molar-refractivity contribution in [1.29, 1.82) is 0 Å². The van der Waals surface area contributed by atoms with Crippen molar-refractivity contribution >= 4 is 81.3 Å². The van der Waals surface area contributed by atoms with E-state index in [-0.39, 0.29) is 51.2 Å². The predicted molar refractivity (Wildman–Crippen MR) is 285 cm³/mol. The maximum atomic E-state index is 12.8. The summed E-state index contributed by atoms with van der Waals surface area (Å²) in [5.41, 5.74) is 8.51. The zero-order chi connectivity index (χ0) is 51.8. The molecule has 0 saturated heterocycles. The fraction of sp³-hybridized carbons (Fsp3) is 0.423. The molecule has 16 nitrogen and oxygen atoms in total. The van der Waals surface area contributed by atoms with Crippen molar-refractivity contribution < 1.29 is 47.7 Å². The minimum Gasteiger partial charge on any atom is -0.489 e. The van der Waals surface area contributed by atoms with Crippen molar-refractivity contribution in [3.8, 4) is 11.5 Å². The van der Waals surface area contributed by atoms with Gasteiger partial charge in [-0.05, 0) is 111 Å². The quantitative estimate of drug-likeness (QED) is 0.0383. The van der Waals surface area contributed by atoms with Crippen LogP contribution in [0.2, 0.25) is 10.0 Å². The number of hydrogen-bond donors (Lipinski definition) is 6. The summed E-state index contributed by atoms with van der Waals surface area (Å²) in [5.74, 6) is 0.148. The molecule has 71 heavy (non-hydrogen) atoms. The minimum atomic E-state index is -0.808. The molecular weight excluding hydrogens is 975 g/mol. The van der Waals surface area contributed by atoms with E-state index in [1.165, 1.54) is 26.2 Å². The van der Waals surface area contributed by atoms with Crippen molar-refractivity contribution in [2.75, 3.05) is 38.4 Å². The molecule has 0 aliphatic heterocycles. The molecule has 19 heteroatoms. The lowest BCUT2D eigenvalue weighted by Gasteiger charge is -2.18. The molecule has 4 aromatic rings. The van der Waals surface area contributed by atoms with Gasteiger partial charge < -0.3 is 45.9 Å². The van der Waals surface area contributed by atoms with E-state index in [4.69, 9.17) is 54.7 Å². The van der Waals surface area contributed by atoms with E-state index < -0.39 is 35.4 Å². The summed E-state index contributed by atoms with van der Waals surface area (Å²) in [7, 11) is 3.03. The Morgan fingerprint density at radius 1 is 0.563 bits per heavy atom. The number of nitrogens with two attached hydrogens (primary N) is 1. The molecule has 392 valence electrons. The fourth-order valence-electron chi connectivity index (χ4n) is 5.71. The summed E-state index contributed by atoms with van der Waals surface area (Å²) < 4.78 is 20.7. The standard InChI is InChI=1S/C25H32ClN3O5.C20H24ClN3O3.C5H9ClO2.2CH4/c1-15(2)14-33-25(32)28-19-9-6-17(7-10-19)12-21(24(31)27-5)29-23(30)18-8-11-22(20(26)13-18)34-16(3)4;1-12(2)27-18-9-6-14(11-16(18)21)19(25)24-17(20(26)23-3)10-13-4-7-15(22)8-5-13;1-4(2)3-8-5(6)7;;/h6-11,13,15-16,21H,12,14H2,1-5H3,(H,27,31)(H,28,32)(H,29,30);4-9,11-12,17H,10,22H2,1-3H3,(H,23,26)(H,24,25);4H,3H2,1-2H3;2*1H4. The average Bonchev–Trinajstić information content (AvgIpc) is 3.29. The van der Waals surface area contributed by atoms with Gasteiger partial charge in [0.05, 0.1) is 35.5 Å². The largest absolute Gasteiger partial charge is 0.489 e. The van der Waals surface area contributed by atoms with Gasteiger partial charge in [0.2, 0.25) is 11.8 Å². The lowest BCUT2D eigenvalue weighted by atomic mass is 10.0. The van der Waals surface area contributed by atoms with E-state index >= 15 is 0 Å². The summed E-state index contributed by atoms with van der Waals surface area (Å²) >= 11 is 17.3. The Hall–Kier alpha value is -6.23. The van der Waals surface area contributed by atoms with Crippen LogP contribution in [0.15, 0.2) is 84.9 Å². The van der Waals surface area contributed by atoms with Gasteiger partial charge in [-0.15, -0.1) is 0 Å². The van der Waals surface area contributed by atoms with Crippen molar-refractivity contribution in [2.24, 2.45) is 11.8 Å². The Labute approximate surface area is 434 Å². The van der Waals surface area contributed by atoms with Crippen LogP contribution in [0.25, 0.3) is 0 Å². The van der Waals surface area contributed by atoms with E-state index in [1.807, 2.05) is 67.5 Å². The van der Waals surface area contributed by atoms with Crippen LogP contribution >= 0.6 is 34.8 Å². The first kappa shape index (κ1) is 64.8. The predicted octanol–water partition coefficient (Wildman–Crippen LogP) is 10.5. The molecule has 5 amide bonds. The number of amides is 5. The van der Waals surface area contributed by atoms with Crippen LogP contribution in [0, 0.1) is 11.8 Å². The minimum absolute atomic E-state index is 0. The fourth-order valence-corrected chi connectivity index (χ4v) is 6.22. The first-order valence-electron chi connectivity index (χ1n) is 22.2. The number of benzene rings is 4. The van der Waals surface area contributed by atoms with Crippen LogP contribution in [0.4, 0.5) is 21.0 Å². The summed E-state index contributed by atoms with van der Waals surface area (Å²) in [6.45, 7) is 16.1. The van der Waals surface area contributed by atoms with Crippen LogP contribution in [0.1, 0.15) is 102 Å². The second-order valence-electron chi connectivity index (χ2n) is 16.8. The number of hydrogen-bond acceptors (Lipinski definition) is 11. The Kier molecular flexibility index (Phi) is 30.4. The lowest BCUT2D eigenvalue weighted by Crippen LogP contribution is -2.47. The molecule has 4 rings (SSSR count). The highest BCUT2D eigenvalue weighted by Gasteiger charge is 2.23. The molecule has 0 saturated carbocycles. The van der Waals surface area contributed by atoms with Crippen molar-refractivity contribution in [3.63, 3.8) is 0 Å². The van der Waals surface area contributed by atoms with Gasteiger partial charge in [0.25, 0.3) is 11.8 Å². The van der Waals surface area contributed by atoms with Crippen molar-refractivity contribution in [1.82, 2.24) is 21.3 Å². The van der Waals surface area contributed by atoms with Gasteiger partial charge >= 0.3 is 11.5 Å². The number of rotatable bonds is 19. The number of carbonyl (C=O) groups is 6. The second kappa shape index (κ2) is 33.4. The summed E-state index contributed by atoms with van der Waals surface area (Å²) in [6.07, 6.45) is -0.0121. The average molecular weight is 1050 g/mol. The zero-order valence-corrected chi connectivity index (χ0v) is 42.9. The molecule has 0 aromatic heterocycles. The summed E-state index contributed by atoms with van der Waals surface area (Å²) in [5, 5.41) is 14.0. The van der Waals surface area contributed by atoms with Gasteiger partial charge in [-0.3, -0.25) is 24.5 Å². The van der Waals surface area contributed by atoms with E-state index in [0.29, 0.717) is 69.6 Å². The number of ether oxygens (including phenoxy) is 4. The Bertz CT molecular complexity index is 2300. The van der Waals surface area contributed by atoms with Gasteiger partial charge in [0, 0.05) is 61.0 Å². The van der Waals surface area contributed by atoms with Crippen molar-refractivity contribution in [3.05, 3.63) is 117 Å². The third-order valence-electron chi connectivity index (χ3n) is 8.99. The lowest BCUT2D eigenvalue weighted by molar-refractivity contribution is -0.123. The number of nitrogens with one attached hydrogen (secondary N) is 5. The Morgan fingerprint density at radius 2 is 0.944 bits per heavy atom. The van der Waals surface area contributed by atoms with Crippen LogP contribution < -0.4 is 41.8 Å². The maximum absolute atomic E-state index is 12.8. The first-order valence-corrected chi connectivity index (χ1v) is 23.3. The SMILES string of the molecule is C.C.CC(C)COC(=O)Cl.CNC(=O)C(Cc1ccc(N)cc1)NC(=O)c1ccc(OC(C)C)c(Cl)c1.CNC(=O)C(Cc1ccc(NC(=O)OCC(C)C)cc1)NC(=O)c1ccc(OC(C)C)c(Cl)c1. The number of likely N-dealkylation sites (N-methyl/N-ethyl adjacent to an activating group) is 2. The van der Waals surface area contributed by atoms with Gasteiger partial charge in [-0.1, -0.05) is 90.0 Å². The number of anilines is 2. The molecular formula is C52H73Cl3N6O10. The van der Waals surface area contributed by atoms with E-state index in [9.17, 15) is 28.8 Å². The molecule has 0 aliphatic rings. The monoisotopic (exact) mass is 1050 g/mol. The van der Waals surface area contributed by atoms with Crippen LogP contribution in [0.5, 0.6) is 11.5 Å². The third kappa shape index (κ3) is 25.5. The van der Waals surface area contributed by atoms with Crippen molar-refractivity contribution in [2.45, 2.75) is 107 Å². The van der Waals surface area contributed by atoms with Gasteiger partial charge in [0.1, 0.15) is 23.6 Å². The number of nitrogen functional groups attached to an aromatic ring is 1. The maximum Gasteiger partial charge on any atom is 0.411 e. The molecule has 4 aromatic carbocycles. The molecule has 0 aliphatic carbocycles. The molecule has 2 unspecified atom stereocenters. The summed E-state index contributed by atoms with van der Waals surface area (Å²) in [4.78, 5) is 71.7. The molecule has 2 atom stereocenters. The Morgan fingerprint density at radius 3 is 1.27 bits per heavy atom. The number of halogens is 3. The molecule has 0 fully saturated rings. The third-order valence-corrected chi connectivity index (χ3v) is 9.69. The van der Waals surface area contributed by atoms with Crippen LogP contribution in [-0.2, 0) is 31.9 Å². The zero-order valence-electron chi connectivity index (χ0n) is 40.7. The van der Waals surface area contributed by atoms with E-state index in [2.05, 4.69) is 31.3 Å². The first-order chi connectivity index (χ1) is 32.5. The highest BCUT2D eigenvalue weighted by molar-refractivity contribution is 6.61. The second-order valence-corrected chi connectivity index (χ2v) is 17.9.